The van der Waals surface area contributed by atoms with Gasteiger partial charge in [-0.05, 0) is 57.7 Å². The number of carbonyl (C=O) groups is 1. The monoisotopic (exact) mass is 496 g/mol. The summed E-state index contributed by atoms with van der Waals surface area (Å²) >= 11 is 5.72. The topological polar surface area (TPSA) is 101 Å². The van der Waals surface area contributed by atoms with Gasteiger partial charge in [0.15, 0.2) is 21.3 Å². The van der Waals surface area contributed by atoms with Gasteiger partial charge in [0.05, 0.1) is 9.92 Å². The Morgan fingerprint density at radius 3 is 2.42 bits per heavy atom. The third kappa shape index (κ3) is 5.06. The highest BCUT2D eigenvalue weighted by Crippen LogP contribution is 2.39. The van der Waals surface area contributed by atoms with Gasteiger partial charge in [0.2, 0.25) is 0 Å². The number of ether oxygens (including phenoxy) is 1. The number of carbonyl (C=O) groups excluding carboxylic acids is 1. The van der Waals surface area contributed by atoms with Crippen molar-refractivity contribution in [2.45, 2.75) is 68.2 Å². The van der Waals surface area contributed by atoms with E-state index in [1.165, 1.54) is 12.4 Å². The molecule has 2 aliphatic rings. The molecule has 33 heavy (non-hydrogen) atoms. The first-order valence-electron chi connectivity index (χ1n) is 10.7. The number of anilines is 1. The maximum atomic E-state index is 14.1. The van der Waals surface area contributed by atoms with Crippen molar-refractivity contribution in [1.82, 2.24) is 15.3 Å². The fourth-order valence-corrected chi connectivity index (χ4v) is 5.24. The molecule has 2 aromatic heterocycles. The van der Waals surface area contributed by atoms with Crippen molar-refractivity contribution in [3.63, 3.8) is 0 Å². The minimum absolute atomic E-state index is 0.0626. The first-order chi connectivity index (χ1) is 15.4. The summed E-state index contributed by atoms with van der Waals surface area (Å²) in [5, 5.41) is 3.19. The van der Waals surface area contributed by atoms with Crippen LogP contribution in [-0.2, 0) is 14.6 Å². The smallest absolute Gasteiger partial charge is 0.263 e. The van der Waals surface area contributed by atoms with Gasteiger partial charge in [0, 0.05) is 36.8 Å². The molecule has 4 rings (SSSR count). The van der Waals surface area contributed by atoms with Crippen molar-refractivity contribution in [2.75, 3.05) is 11.2 Å². The molecule has 8 nitrogen and oxygen atoms in total. The number of aromatic nitrogens is 2. The van der Waals surface area contributed by atoms with Crippen LogP contribution in [0.2, 0.25) is 5.02 Å². The van der Waals surface area contributed by atoms with Crippen LogP contribution in [0.15, 0.2) is 35.5 Å². The van der Waals surface area contributed by atoms with Gasteiger partial charge in [-0.25, -0.2) is 22.8 Å². The lowest BCUT2D eigenvalue weighted by Crippen LogP contribution is -2.55. The predicted molar refractivity (Wildman–Crippen MR) is 122 cm³/mol. The van der Waals surface area contributed by atoms with E-state index in [9.17, 15) is 17.6 Å². The highest BCUT2D eigenvalue weighted by Gasteiger charge is 2.43. The maximum Gasteiger partial charge on any atom is 0.263 e. The number of hydrogen-bond donors (Lipinski definition) is 1. The van der Waals surface area contributed by atoms with E-state index in [-0.39, 0.29) is 39.8 Å². The molecule has 0 radical (unpaired) electrons. The molecule has 0 aliphatic carbocycles. The summed E-state index contributed by atoms with van der Waals surface area (Å²) in [6.07, 6.45) is 7.19. The Morgan fingerprint density at radius 1 is 1.21 bits per heavy atom. The van der Waals surface area contributed by atoms with E-state index < -0.39 is 21.3 Å². The third-order valence-electron chi connectivity index (χ3n) is 6.15. The van der Waals surface area contributed by atoms with E-state index in [4.69, 9.17) is 16.3 Å². The van der Waals surface area contributed by atoms with Crippen LogP contribution in [0.5, 0.6) is 5.88 Å². The molecule has 0 aromatic carbocycles. The van der Waals surface area contributed by atoms with Crippen molar-refractivity contribution in [1.29, 1.82) is 0 Å². The minimum atomic E-state index is -3.30. The van der Waals surface area contributed by atoms with Gasteiger partial charge in [0.1, 0.15) is 5.82 Å². The summed E-state index contributed by atoms with van der Waals surface area (Å²) < 4.78 is 43.0. The molecule has 2 fully saturated rings. The van der Waals surface area contributed by atoms with Gasteiger partial charge in [-0.1, -0.05) is 11.6 Å². The maximum absolute atomic E-state index is 14.1. The molecule has 1 N–H and O–H groups in total. The zero-order chi connectivity index (χ0) is 24.0. The quantitative estimate of drug-likeness (QED) is 0.655. The Labute approximate surface area is 197 Å². The molecular weight excluding hydrogens is 471 g/mol. The molecule has 4 heterocycles. The number of rotatable bonds is 6. The zero-order valence-corrected chi connectivity index (χ0v) is 20.2. The molecule has 178 valence electrons. The summed E-state index contributed by atoms with van der Waals surface area (Å²) in [5.41, 5.74) is -1.33. The van der Waals surface area contributed by atoms with Crippen LogP contribution in [0.4, 0.5) is 10.2 Å². The number of amides is 1. The molecule has 2 bridgehead atoms. The average Bonchev–Trinajstić information content (AvgIpc) is 3.00. The Hall–Kier alpha value is -2.46. The molecule has 2 aromatic rings. The summed E-state index contributed by atoms with van der Waals surface area (Å²) in [7, 11) is -3.30. The number of sulfone groups is 1. The van der Waals surface area contributed by atoms with Crippen molar-refractivity contribution >= 4 is 33.2 Å². The van der Waals surface area contributed by atoms with Crippen molar-refractivity contribution < 1.29 is 22.3 Å². The molecule has 2 saturated heterocycles. The number of nitrogens with one attached hydrogen (secondary N) is 1. The fourth-order valence-electron chi connectivity index (χ4n) is 4.54. The third-order valence-corrected chi connectivity index (χ3v) is 7.46. The molecule has 0 saturated carbocycles. The Kier molecular flexibility index (Phi) is 6.26. The lowest BCUT2D eigenvalue weighted by molar-refractivity contribution is -0.135. The SMILES string of the molecule is CC(C)(Oc1ncc(Cl)cc1F)C(=O)NC1CC2CCC(C1)N2c1ccc(S(C)(=O)=O)cn1. The zero-order valence-electron chi connectivity index (χ0n) is 18.6. The van der Waals surface area contributed by atoms with Gasteiger partial charge < -0.3 is 15.0 Å². The first-order valence-corrected chi connectivity index (χ1v) is 13.0. The highest BCUT2D eigenvalue weighted by molar-refractivity contribution is 7.90. The normalized spacial score (nSPS) is 22.8. The Morgan fingerprint density at radius 2 is 1.88 bits per heavy atom. The van der Waals surface area contributed by atoms with Crippen molar-refractivity contribution in [3.05, 3.63) is 41.4 Å². The van der Waals surface area contributed by atoms with E-state index in [0.717, 1.165) is 43.8 Å². The lowest BCUT2D eigenvalue weighted by atomic mass is 9.96. The summed E-state index contributed by atoms with van der Waals surface area (Å²) in [4.78, 5) is 23.6. The van der Waals surface area contributed by atoms with Crippen molar-refractivity contribution in [3.8, 4) is 5.88 Å². The van der Waals surface area contributed by atoms with Crippen LogP contribution in [-0.4, -0.2) is 54.3 Å². The van der Waals surface area contributed by atoms with Gasteiger partial charge >= 0.3 is 0 Å². The van der Waals surface area contributed by atoms with Crippen LogP contribution < -0.4 is 15.0 Å². The van der Waals surface area contributed by atoms with Crippen LogP contribution in [0.3, 0.4) is 0 Å². The molecule has 2 unspecified atom stereocenters. The molecular formula is C22H26ClFN4O4S. The second kappa shape index (κ2) is 8.72. The second-order valence-electron chi connectivity index (χ2n) is 9.11. The second-order valence-corrected chi connectivity index (χ2v) is 11.6. The number of hydrogen-bond acceptors (Lipinski definition) is 7. The Balaban J connectivity index is 1.41. The largest absolute Gasteiger partial charge is 0.459 e. The predicted octanol–water partition coefficient (Wildman–Crippen LogP) is 3.15. The standard InChI is InChI=1S/C22H26ClFN4O4S/c1-22(2,32-20-18(24)8-13(23)11-26-20)21(29)27-14-9-15-4-5-16(10-14)28(15)19-7-6-17(12-25-19)33(3,30)31/h6-8,11-12,14-16H,4-5,9-10H2,1-3H3,(H,27,29). The van der Waals surface area contributed by atoms with Crippen LogP contribution in [0, 0.1) is 5.82 Å². The molecule has 11 heteroatoms. The molecule has 2 atom stereocenters. The number of pyridine rings is 2. The first kappa shape index (κ1) is 23.7. The lowest BCUT2D eigenvalue weighted by Gasteiger charge is -2.40. The van der Waals surface area contributed by atoms with Crippen molar-refractivity contribution in [2.24, 2.45) is 0 Å². The number of halogens is 2. The molecule has 2 aliphatic heterocycles. The van der Waals surface area contributed by atoms with Crippen LogP contribution >= 0.6 is 11.6 Å². The summed E-state index contributed by atoms with van der Waals surface area (Å²) in [6, 6.07) is 4.71. The average molecular weight is 497 g/mol. The number of nitrogens with zero attached hydrogens (tertiary/aromatic N) is 3. The van der Waals surface area contributed by atoms with E-state index in [0.29, 0.717) is 0 Å². The van der Waals surface area contributed by atoms with E-state index in [2.05, 4.69) is 20.2 Å². The molecule has 1 amide bonds. The van der Waals surface area contributed by atoms with Gasteiger partial charge in [-0.15, -0.1) is 0 Å². The summed E-state index contributed by atoms with van der Waals surface area (Å²) in [5.74, 6) is -0.623. The van der Waals surface area contributed by atoms with Gasteiger partial charge in [-0.3, -0.25) is 4.79 Å². The number of piperidine rings is 1. The molecule has 0 spiro atoms. The summed E-state index contributed by atoms with van der Waals surface area (Å²) in [6.45, 7) is 3.13. The fraction of sp³-hybridized carbons (Fsp3) is 0.500. The van der Waals surface area contributed by atoms with E-state index >= 15 is 0 Å². The van der Waals surface area contributed by atoms with Gasteiger partial charge in [0.25, 0.3) is 11.8 Å². The van der Waals surface area contributed by atoms with Gasteiger partial charge in [-0.2, -0.15) is 0 Å². The Bertz CT molecular complexity index is 1150. The minimum Gasteiger partial charge on any atom is -0.459 e. The van der Waals surface area contributed by atoms with Crippen LogP contribution in [0.25, 0.3) is 0 Å². The highest BCUT2D eigenvalue weighted by atomic mass is 35.5. The van der Waals surface area contributed by atoms with E-state index in [1.54, 1.807) is 26.0 Å². The number of fused-ring (bicyclic) bond motifs is 2. The van der Waals surface area contributed by atoms with Crippen LogP contribution in [0.1, 0.15) is 39.5 Å². The van der Waals surface area contributed by atoms with E-state index in [1.807, 2.05) is 0 Å².